The summed E-state index contributed by atoms with van der Waals surface area (Å²) in [7, 11) is 0. The fraction of sp³-hybridized carbons (Fsp3) is 0.200. The van der Waals surface area contributed by atoms with Crippen molar-refractivity contribution in [3.05, 3.63) is 53.5 Å². The van der Waals surface area contributed by atoms with Crippen LogP contribution in [0.1, 0.15) is 24.1 Å². The average Bonchev–Trinajstić information content (AvgIpc) is 2.77. The molecule has 1 unspecified atom stereocenters. The first kappa shape index (κ1) is 12.6. The molecule has 0 bridgehead atoms. The Balaban J connectivity index is 2.16. The van der Waals surface area contributed by atoms with Gasteiger partial charge in [0.2, 0.25) is 5.95 Å². The Kier molecular flexibility index (Phi) is 2.89. The van der Waals surface area contributed by atoms with E-state index < -0.39 is 0 Å². The zero-order chi connectivity index (χ0) is 14.3. The van der Waals surface area contributed by atoms with E-state index in [0.717, 1.165) is 22.3 Å². The smallest absolute Gasteiger partial charge is 0.203 e. The van der Waals surface area contributed by atoms with Gasteiger partial charge in [0.15, 0.2) is 5.65 Å². The predicted molar refractivity (Wildman–Crippen MR) is 76.9 cm³/mol. The molecule has 0 saturated carbocycles. The normalized spacial score (nSPS) is 12.8. The highest BCUT2D eigenvalue weighted by molar-refractivity contribution is 5.77. The molecular formula is C15H15FN4. The molecule has 3 aromatic rings. The van der Waals surface area contributed by atoms with E-state index in [0.29, 0.717) is 5.95 Å². The molecule has 5 heteroatoms. The van der Waals surface area contributed by atoms with Crippen molar-refractivity contribution in [3.63, 3.8) is 0 Å². The molecule has 0 aliphatic carbocycles. The number of nitrogen functional groups attached to an aromatic ring is 1. The van der Waals surface area contributed by atoms with Crippen molar-refractivity contribution in [2.24, 2.45) is 0 Å². The number of fused-ring (bicyclic) bond motifs is 1. The van der Waals surface area contributed by atoms with Crippen LogP contribution in [0.2, 0.25) is 0 Å². The Bertz CT molecular complexity index is 761. The molecule has 0 aliphatic rings. The second-order valence-electron chi connectivity index (χ2n) is 4.87. The molecule has 4 nitrogen and oxygen atoms in total. The van der Waals surface area contributed by atoms with E-state index in [2.05, 4.69) is 9.97 Å². The molecule has 2 aromatic heterocycles. The number of pyridine rings is 1. The first-order chi connectivity index (χ1) is 9.58. The highest BCUT2D eigenvalue weighted by Gasteiger charge is 2.17. The average molecular weight is 270 g/mol. The van der Waals surface area contributed by atoms with E-state index in [1.807, 2.05) is 24.5 Å². The van der Waals surface area contributed by atoms with Crippen LogP contribution in [-0.2, 0) is 0 Å². The maximum atomic E-state index is 13.0. The minimum absolute atomic E-state index is 0.0603. The van der Waals surface area contributed by atoms with Crippen LogP contribution < -0.4 is 5.73 Å². The summed E-state index contributed by atoms with van der Waals surface area (Å²) in [6, 6.07) is 8.23. The van der Waals surface area contributed by atoms with Crippen molar-refractivity contribution in [1.29, 1.82) is 0 Å². The van der Waals surface area contributed by atoms with E-state index in [9.17, 15) is 4.39 Å². The number of rotatable bonds is 2. The monoisotopic (exact) mass is 270 g/mol. The summed E-state index contributed by atoms with van der Waals surface area (Å²) < 4.78 is 14.9. The molecule has 3 rings (SSSR count). The summed E-state index contributed by atoms with van der Waals surface area (Å²) in [6.07, 6.45) is 1.74. The number of aromatic nitrogens is 3. The summed E-state index contributed by atoms with van der Waals surface area (Å²) in [5, 5.41) is 0. The van der Waals surface area contributed by atoms with Crippen LogP contribution in [0.3, 0.4) is 0 Å². The molecule has 1 aromatic carbocycles. The number of anilines is 1. The van der Waals surface area contributed by atoms with Crippen molar-refractivity contribution in [2.75, 3.05) is 5.73 Å². The van der Waals surface area contributed by atoms with Gasteiger partial charge in [0.1, 0.15) is 11.3 Å². The molecule has 0 fully saturated rings. The van der Waals surface area contributed by atoms with Crippen molar-refractivity contribution < 1.29 is 4.39 Å². The third kappa shape index (κ3) is 1.91. The van der Waals surface area contributed by atoms with Crippen LogP contribution in [-0.4, -0.2) is 14.5 Å². The van der Waals surface area contributed by atoms with Crippen molar-refractivity contribution in [1.82, 2.24) is 14.5 Å². The van der Waals surface area contributed by atoms with Gasteiger partial charge in [-0.3, -0.25) is 4.57 Å². The van der Waals surface area contributed by atoms with E-state index >= 15 is 0 Å². The molecular weight excluding hydrogens is 255 g/mol. The van der Waals surface area contributed by atoms with E-state index in [-0.39, 0.29) is 11.9 Å². The second kappa shape index (κ2) is 4.59. The second-order valence-corrected chi connectivity index (χ2v) is 4.87. The van der Waals surface area contributed by atoms with Gasteiger partial charge in [0.25, 0.3) is 0 Å². The molecule has 1 atom stereocenters. The largest absolute Gasteiger partial charge is 0.369 e. The topological polar surface area (TPSA) is 56.7 Å². The fourth-order valence-corrected chi connectivity index (χ4v) is 2.40. The van der Waals surface area contributed by atoms with Crippen molar-refractivity contribution in [3.8, 4) is 0 Å². The summed E-state index contributed by atoms with van der Waals surface area (Å²) in [5.41, 5.74) is 9.58. The Labute approximate surface area is 116 Å². The molecule has 2 N–H and O–H groups in total. The standard InChI is InChI=1S/C15H15FN4/c1-9-7-8-18-14-13(9)19-15(17)20(14)10(2)11-3-5-12(16)6-4-11/h3-8,10H,1-2H3,(H2,17,19). The number of hydrogen-bond donors (Lipinski definition) is 1. The maximum absolute atomic E-state index is 13.0. The zero-order valence-electron chi connectivity index (χ0n) is 11.3. The van der Waals surface area contributed by atoms with Crippen LogP contribution in [0.4, 0.5) is 10.3 Å². The minimum atomic E-state index is -0.251. The lowest BCUT2D eigenvalue weighted by atomic mass is 10.1. The Hall–Kier alpha value is -2.43. The maximum Gasteiger partial charge on any atom is 0.203 e. The van der Waals surface area contributed by atoms with Gasteiger partial charge in [-0.1, -0.05) is 12.1 Å². The number of hydrogen-bond acceptors (Lipinski definition) is 3. The summed E-state index contributed by atoms with van der Waals surface area (Å²) in [6.45, 7) is 3.97. The fourth-order valence-electron chi connectivity index (χ4n) is 2.40. The van der Waals surface area contributed by atoms with Crippen LogP contribution in [0.25, 0.3) is 11.2 Å². The van der Waals surface area contributed by atoms with E-state index in [1.165, 1.54) is 12.1 Å². The molecule has 0 saturated heterocycles. The Morgan fingerprint density at radius 1 is 1.20 bits per heavy atom. The lowest BCUT2D eigenvalue weighted by Crippen LogP contribution is -2.10. The highest BCUT2D eigenvalue weighted by atomic mass is 19.1. The summed E-state index contributed by atoms with van der Waals surface area (Å²) >= 11 is 0. The zero-order valence-corrected chi connectivity index (χ0v) is 11.3. The van der Waals surface area contributed by atoms with Gasteiger partial charge in [0.05, 0.1) is 6.04 Å². The highest BCUT2D eigenvalue weighted by Crippen LogP contribution is 2.27. The summed E-state index contributed by atoms with van der Waals surface area (Å²) in [4.78, 5) is 8.75. The van der Waals surface area contributed by atoms with Crippen LogP contribution in [0.5, 0.6) is 0 Å². The minimum Gasteiger partial charge on any atom is -0.369 e. The van der Waals surface area contributed by atoms with Gasteiger partial charge >= 0.3 is 0 Å². The SMILES string of the molecule is Cc1ccnc2c1nc(N)n2C(C)c1ccc(F)cc1. The molecule has 0 amide bonds. The number of halogens is 1. The van der Waals surface area contributed by atoms with Gasteiger partial charge < -0.3 is 5.73 Å². The molecule has 20 heavy (non-hydrogen) atoms. The van der Waals surface area contributed by atoms with E-state index in [4.69, 9.17) is 5.73 Å². The van der Waals surface area contributed by atoms with Gasteiger partial charge in [-0.25, -0.2) is 14.4 Å². The number of aryl methyl sites for hydroxylation is 1. The van der Waals surface area contributed by atoms with Gasteiger partial charge in [-0.05, 0) is 43.2 Å². The first-order valence-corrected chi connectivity index (χ1v) is 6.42. The number of benzene rings is 1. The molecule has 0 radical (unpaired) electrons. The van der Waals surface area contributed by atoms with Crippen LogP contribution >= 0.6 is 0 Å². The van der Waals surface area contributed by atoms with Gasteiger partial charge in [0, 0.05) is 6.20 Å². The molecule has 102 valence electrons. The first-order valence-electron chi connectivity index (χ1n) is 6.42. The number of nitrogens with two attached hydrogens (primary N) is 1. The molecule has 0 aliphatic heterocycles. The quantitative estimate of drug-likeness (QED) is 0.778. The third-order valence-electron chi connectivity index (χ3n) is 3.55. The van der Waals surface area contributed by atoms with Crippen LogP contribution in [0.15, 0.2) is 36.5 Å². The summed E-state index contributed by atoms with van der Waals surface area (Å²) in [5.74, 6) is 0.164. The Morgan fingerprint density at radius 2 is 1.90 bits per heavy atom. The lowest BCUT2D eigenvalue weighted by molar-refractivity contribution is 0.620. The predicted octanol–water partition coefficient (Wildman–Crippen LogP) is 3.07. The van der Waals surface area contributed by atoms with E-state index in [1.54, 1.807) is 18.3 Å². The molecule has 2 heterocycles. The van der Waals surface area contributed by atoms with Crippen LogP contribution in [0, 0.1) is 12.7 Å². The number of imidazole rings is 1. The third-order valence-corrected chi connectivity index (χ3v) is 3.55. The van der Waals surface area contributed by atoms with Crippen molar-refractivity contribution in [2.45, 2.75) is 19.9 Å². The van der Waals surface area contributed by atoms with Gasteiger partial charge in [-0.2, -0.15) is 0 Å². The molecule has 0 spiro atoms. The Morgan fingerprint density at radius 3 is 2.60 bits per heavy atom. The van der Waals surface area contributed by atoms with Gasteiger partial charge in [-0.15, -0.1) is 0 Å². The van der Waals surface area contributed by atoms with Crippen molar-refractivity contribution >= 4 is 17.1 Å². The lowest BCUT2D eigenvalue weighted by Gasteiger charge is -2.15. The number of nitrogens with zero attached hydrogens (tertiary/aromatic N) is 3.